The highest BCUT2D eigenvalue weighted by Crippen LogP contribution is 2.39. The first-order valence-corrected chi connectivity index (χ1v) is 4.90. The molecular formula is C10H12ClNO. The van der Waals surface area contributed by atoms with Gasteiger partial charge >= 0.3 is 0 Å². The van der Waals surface area contributed by atoms with Crippen molar-refractivity contribution in [1.82, 2.24) is 4.98 Å². The zero-order chi connectivity index (χ0) is 9.42. The molecular weight excluding hydrogens is 186 g/mol. The van der Waals surface area contributed by atoms with Gasteiger partial charge in [-0.05, 0) is 30.4 Å². The van der Waals surface area contributed by atoms with Crippen LogP contribution in [-0.2, 0) is 0 Å². The van der Waals surface area contributed by atoms with Gasteiger partial charge in [-0.3, -0.25) is 4.98 Å². The van der Waals surface area contributed by atoms with Gasteiger partial charge in [-0.15, -0.1) is 0 Å². The highest BCUT2D eigenvalue weighted by atomic mass is 35.5. The average molecular weight is 198 g/mol. The number of nitrogens with zero attached hydrogens (tertiary/aromatic N) is 1. The third kappa shape index (κ3) is 1.45. The molecule has 1 aromatic rings. The Balaban J connectivity index is 2.56. The molecule has 1 N–H and O–H groups in total. The maximum atomic E-state index is 9.68. The molecule has 70 valence electrons. The number of hydrogen-bond acceptors (Lipinski definition) is 2. The average Bonchev–Trinajstić information content (AvgIpc) is 2.12. The van der Waals surface area contributed by atoms with E-state index in [-0.39, 0.29) is 0 Å². The maximum Gasteiger partial charge on any atom is 0.0963 e. The summed E-state index contributed by atoms with van der Waals surface area (Å²) < 4.78 is 0. The van der Waals surface area contributed by atoms with E-state index in [9.17, 15) is 5.11 Å². The Morgan fingerprint density at radius 3 is 3.00 bits per heavy atom. The van der Waals surface area contributed by atoms with Crippen LogP contribution in [0.5, 0.6) is 0 Å². The molecule has 0 fully saturated rings. The van der Waals surface area contributed by atoms with Crippen molar-refractivity contribution in [3.63, 3.8) is 0 Å². The van der Waals surface area contributed by atoms with Crippen LogP contribution < -0.4 is 0 Å². The quantitative estimate of drug-likeness (QED) is 0.694. The Kier molecular flexibility index (Phi) is 2.26. The number of aromatic nitrogens is 1. The first kappa shape index (κ1) is 8.97. The molecule has 2 nitrogen and oxygen atoms in total. The van der Waals surface area contributed by atoms with Gasteiger partial charge in [-0.2, -0.15) is 0 Å². The van der Waals surface area contributed by atoms with Gasteiger partial charge in [0.2, 0.25) is 0 Å². The van der Waals surface area contributed by atoms with Gasteiger partial charge in [0, 0.05) is 11.2 Å². The van der Waals surface area contributed by atoms with Crippen LogP contribution in [0, 0.1) is 0 Å². The Morgan fingerprint density at radius 1 is 1.54 bits per heavy atom. The highest BCUT2D eigenvalue weighted by molar-refractivity contribution is 6.31. The lowest BCUT2D eigenvalue weighted by atomic mass is 9.85. The van der Waals surface area contributed by atoms with Crippen molar-refractivity contribution in [3.8, 4) is 0 Å². The van der Waals surface area contributed by atoms with E-state index in [0.29, 0.717) is 5.92 Å². The predicted molar refractivity (Wildman–Crippen MR) is 51.9 cm³/mol. The van der Waals surface area contributed by atoms with Crippen LogP contribution >= 0.6 is 11.6 Å². The van der Waals surface area contributed by atoms with Gasteiger partial charge in [0.25, 0.3) is 0 Å². The summed E-state index contributed by atoms with van der Waals surface area (Å²) in [6.07, 6.45) is 3.01. The van der Waals surface area contributed by atoms with E-state index in [1.54, 1.807) is 12.3 Å². The van der Waals surface area contributed by atoms with Crippen LogP contribution in [0.15, 0.2) is 12.3 Å². The molecule has 1 aliphatic carbocycles. The maximum absolute atomic E-state index is 9.68. The molecule has 2 atom stereocenters. The predicted octanol–water partition coefficient (Wildman–Crippen LogP) is 2.67. The number of fused-ring (bicyclic) bond motifs is 1. The van der Waals surface area contributed by atoms with Gasteiger partial charge in [-0.25, -0.2) is 0 Å². The number of halogens is 1. The fourth-order valence-corrected chi connectivity index (χ4v) is 2.25. The standard InChI is InChI=1S/C10H12ClNO/c1-6-2-3-8(13)10-9(6)7(11)4-5-12-10/h4-6,8,13H,2-3H2,1H3/t6-,8+/m1/s1. The number of aliphatic hydroxyl groups is 1. The Morgan fingerprint density at radius 2 is 2.31 bits per heavy atom. The Bertz CT molecular complexity index is 327. The lowest BCUT2D eigenvalue weighted by molar-refractivity contribution is 0.146. The third-order valence-corrected chi connectivity index (χ3v) is 2.98. The fraction of sp³-hybridized carbons (Fsp3) is 0.500. The molecule has 0 saturated carbocycles. The van der Waals surface area contributed by atoms with Crippen molar-refractivity contribution in [2.45, 2.75) is 31.8 Å². The zero-order valence-corrected chi connectivity index (χ0v) is 8.25. The number of hydrogen-bond donors (Lipinski definition) is 1. The minimum absolute atomic E-state index is 0.416. The lowest BCUT2D eigenvalue weighted by Gasteiger charge is -2.26. The molecule has 3 heteroatoms. The van der Waals surface area contributed by atoms with E-state index in [4.69, 9.17) is 11.6 Å². The van der Waals surface area contributed by atoms with E-state index < -0.39 is 6.10 Å². The molecule has 0 radical (unpaired) electrons. The topological polar surface area (TPSA) is 33.1 Å². The lowest BCUT2D eigenvalue weighted by Crippen LogP contribution is -2.14. The minimum atomic E-state index is -0.426. The van der Waals surface area contributed by atoms with Crippen LogP contribution in [0.3, 0.4) is 0 Å². The molecule has 1 aliphatic rings. The first-order chi connectivity index (χ1) is 6.20. The molecule has 0 spiro atoms. The minimum Gasteiger partial charge on any atom is -0.387 e. The monoisotopic (exact) mass is 197 g/mol. The highest BCUT2D eigenvalue weighted by Gasteiger charge is 2.26. The fourth-order valence-electron chi connectivity index (χ4n) is 1.91. The van der Waals surface area contributed by atoms with E-state index in [2.05, 4.69) is 11.9 Å². The zero-order valence-electron chi connectivity index (χ0n) is 7.50. The SMILES string of the molecule is C[C@@H]1CC[C@H](O)c2nccc(Cl)c21. The molecule has 2 rings (SSSR count). The molecule has 13 heavy (non-hydrogen) atoms. The second-order valence-corrected chi connectivity index (χ2v) is 3.99. The van der Waals surface area contributed by atoms with Crippen molar-refractivity contribution in [1.29, 1.82) is 0 Å². The summed E-state index contributed by atoms with van der Waals surface area (Å²) in [5, 5.41) is 10.4. The molecule has 0 bridgehead atoms. The molecule has 0 unspecified atom stereocenters. The van der Waals surface area contributed by atoms with Gasteiger partial charge in [0.05, 0.1) is 11.8 Å². The van der Waals surface area contributed by atoms with Gasteiger partial charge in [-0.1, -0.05) is 18.5 Å². The summed E-state index contributed by atoms with van der Waals surface area (Å²) >= 11 is 6.05. The summed E-state index contributed by atoms with van der Waals surface area (Å²) in [4.78, 5) is 4.18. The van der Waals surface area contributed by atoms with Crippen LogP contribution in [0.2, 0.25) is 5.02 Å². The van der Waals surface area contributed by atoms with E-state index in [1.807, 2.05) is 0 Å². The Labute approximate surface area is 82.6 Å². The summed E-state index contributed by atoms with van der Waals surface area (Å²) in [6, 6.07) is 1.79. The van der Waals surface area contributed by atoms with E-state index >= 15 is 0 Å². The molecule has 0 aromatic carbocycles. The van der Waals surface area contributed by atoms with Crippen LogP contribution in [-0.4, -0.2) is 10.1 Å². The van der Waals surface area contributed by atoms with Crippen molar-refractivity contribution in [2.24, 2.45) is 0 Å². The summed E-state index contributed by atoms with van der Waals surface area (Å²) in [5.74, 6) is 0.416. The normalized spacial score (nSPS) is 27.0. The summed E-state index contributed by atoms with van der Waals surface area (Å²) in [7, 11) is 0. The number of pyridine rings is 1. The number of aliphatic hydroxyl groups excluding tert-OH is 1. The van der Waals surface area contributed by atoms with Crippen LogP contribution in [0.4, 0.5) is 0 Å². The van der Waals surface area contributed by atoms with E-state index in [1.165, 1.54) is 0 Å². The Hall–Kier alpha value is -0.600. The second-order valence-electron chi connectivity index (χ2n) is 3.59. The van der Waals surface area contributed by atoms with Crippen molar-refractivity contribution < 1.29 is 5.11 Å². The second kappa shape index (κ2) is 3.28. The number of rotatable bonds is 0. The molecule has 1 heterocycles. The molecule has 0 aliphatic heterocycles. The van der Waals surface area contributed by atoms with Crippen LogP contribution in [0.1, 0.15) is 43.0 Å². The smallest absolute Gasteiger partial charge is 0.0963 e. The molecule has 0 amide bonds. The first-order valence-electron chi connectivity index (χ1n) is 4.52. The largest absolute Gasteiger partial charge is 0.387 e. The third-order valence-electron chi connectivity index (χ3n) is 2.65. The van der Waals surface area contributed by atoms with Gasteiger partial charge < -0.3 is 5.11 Å². The van der Waals surface area contributed by atoms with Crippen molar-refractivity contribution in [2.75, 3.05) is 0 Å². The van der Waals surface area contributed by atoms with Crippen molar-refractivity contribution >= 4 is 11.6 Å². The van der Waals surface area contributed by atoms with Crippen LogP contribution in [0.25, 0.3) is 0 Å². The van der Waals surface area contributed by atoms with Gasteiger partial charge in [0.1, 0.15) is 0 Å². The summed E-state index contributed by atoms with van der Waals surface area (Å²) in [6.45, 7) is 2.12. The molecule has 0 saturated heterocycles. The summed E-state index contributed by atoms with van der Waals surface area (Å²) in [5.41, 5.74) is 1.80. The van der Waals surface area contributed by atoms with Gasteiger partial charge in [0.15, 0.2) is 0 Å². The molecule has 1 aromatic heterocycles. The van der Waals surface area contributed by atoms with Crippen molar-refractivity contribution in [3.05, 3.63) is 28.5 Å². The van der Waals surface area contributed by atoms with E-state index in [0.717, 1.165) is 29.1 Å².